The third-order valence-electron chi connectivity index (χ3n) is 4.31. The van der Waals surface area contributed by atoms with Crippen LogP contribution in [-0.4, -0.2) is 41.2 Å². The number of aliphatic hydroxyl groups excluding tert-OH is 1. The van der Waals surface area contributed by atoms with Gasteiger partial charge in [-0.25, -0.2) is 8.78 Å². The summed E-state index contributed by atoms with van der Waals surface area (Å²) in [7, 11) is 0. The van der Waals surface area contributed by atoms with Gasteiger partial charge in [-0.1, -0.05) is 6.07 Å². The second kappa shape index (κ2) is 7.47. The maximum absolute atomic E-state index is 14.9. The topological polar surface area (TPSA) is 62.7 Å². The maximum atomic E-state index is 14.9. The zero-order valence-corrected chi connectivity index (χ0v) is 14.6. The van der Waals surface area contributed by atoms with Crippen LogP contribution < -0.4 is 4.90 Å². The van der Waals surface area contributed by atoms with Crippen LogP contribution >= 0.6 is 0 Å². The number of aromatic nitrogens is 1. The van der Waals surface area contributed by atoms with Crippen molar-refractivity contribution in [3.05, 3.63) is 58.9 Å². The number of rotatable bonds is 4. The number of carbonyl (C=O) groups is 1. The van der Waals surface area contributed by atoms with Gasteiger partial charge in [0.2, 0.25) is 5.78 Å². The number of halogens is 2. The Balaban J connectivity index is 2.06. The molecule has 0 radical (unpaired) electrons. The lowest BCUT2D eigenvalue weighted by molar-refractivity contribution is -0.00554. The number of nitrogens with zero attached hydrogens (tertiary/aromatic N) is 2. The molecule has 2 unspecified atom stereocenters. The molecule has 1 aliphatic rings. The van der Waals surface area contributed by atoms with Crippen LogP contribution in [0.3, 0.4) is 0 Å². The summed E-state index contributed by atoms with van der Waals surface area (Å²) in [4.78, 5) is 18.0. The van der Waals surface area contributed by atoms with Crippen molar-refractivity contribution in [2.24, 2.45) is 0 Å². The van der Waals surface area contributed by atoms with Gasteiger partial charge in [-0.05, 0) is 32.0 Å². The fourth-order valence-corrected chi connectivity index (χ4v) is 3.29. The molecule has 138 valence electrons. The van der Waals surface area contributed by atoms with Gasteiger partial charge in [-0.3, -0.25) is 9.78 Å². The van der Waals surface area contributed by atoms with E-state index in [9.17, 15) is 18.7 Å². The van der Waals surface area contributed by atoms with Gasteiger partial charge in [0, 0.05) is 24.8 Å². The molecule has 7 heteroatoms. The molecule has 2 heterocycles. The Morgan fingerprint density at radius 1 is 1.27 bits per heavy atom. The lowest BCUT2D eigenvalue weighted by Crippen LogP contribution is -2.46. The summed E-state index contributed by atoms with van der Waals surface area (Å²) in [5.41, 5.74) is -0.298. The first-order chi connectivity index (χ1) is 12.4. The summed E-state index contributed by atoms with van der Waals surface area (Å²) >= 11 is 0. The van der Waals surface area contributed by atoms with E-state index in [2.05, 4.69) is 4.98 Å². The van der Waals surface area contributed by atoms with E-state index in [0.29, 0.717) is 13.1 Å². The second-order valence-corrected chi connectivity index (χ2v) is 6.42. The molecule has 0 bridgehead atoms. The molecule has 1 aromatic heterocycles. The zero-order valence-electron chi connectivity index (χ0n) is 14.6. The molecule has 1 saturated heterocycles. The van der Waals surface area contributed by atoms with Crippen molar-refractivity contribution in [1.29, 1.82) is 0 Å². The Kier molecular flexibility index (Phi) is 5.29. The van der Waals surface area contributed by atoms with Crippen LogP contribution in [0.2, 0.25) is 0 Å². The highest BCUT2D eigenvalue weighted by molar-refractivity contribution is 6.08. The van der Waals surface area contributed by atoms with Crippen molar-refractivity contribution in [1.82, 2.24) is 4.98 Å². The third-order valence-corrected chi connectivity index (χ3v) is 4.31. The smallest absolute Gasteiger partial charge is 0.214 e. The molecule has 1 fully saturated rings. The number of pyridine rings is 1. The van der Waals surface area contributed by atoms with E-state index in [-0.39, 0.29) is 29.2 Å². The van der Waals surface area contributed by atoms with E-state index in [4.69, 9.17) is 4.74 Å². The molecule has 26 heavy (non-hydrogen) atoms. The van der Waals surface area contributed by atoms with Crippen LogP contribution in [0.1, 0.15) is 35.5 Å². The summed E-state index contributed by atoms with van der Waals surface area (Å²) < 4.78 is 35.2. The standard InChI is InChI=1S/C19H20F2N2O3/c1-11-8-23(9-12(2)26-11)18-13(10-24)7-14(16(20)17(18)21)19(25)15-5-3-4-6-22-15/h3-7,11-12,24H,8-10H2,1-2H3. The highest BCUT2D eigenvalue weighted by Gasteiger charge is 2.30. The number of hydrogen-bond donors (Lipinski definition) is 1. The fraction of sp³-hybridized carbons (Fsp3) is 0.368. The zero-order chi connectivity index (χ0) is 18.8. The minimum Gasteiger partial charge on any atom is -0.392 e. The summed E-state index contributed by atoms with van der Waals surface area (Å²) in [5, 5.41) is 9.70. The number of hydrogen-bond acceptors (Lipinski definition) is 5. The van der Waals surface area contributed by atoms with Gasteiger partial charge in [-0.15, -0.1) is 0 Å². The van der Waals surface area contributed by atoms with Gasteiger partial charge in [0.15, 0.2) is 11.6 Å². The molecule has 0 spiro atoms. The molecule has 0 amide bonds. The number of aliphatic hydroxyl groups is 1. The second-order valence-electron chi connectivity index (χ2n) is 6.42. The predicted octanol–water partition coefficient (Wildman–Crippen LogP) is 2.70. The van der Waals surface area contributed by atoms with E-state index in [1.165, 1.54) is 18.3 Å². The number of ether oxygens (including phenoxy) is 1. The number of anilines is 1. The molecule has 5 nitrogen and oxygen atoms in total. The Morgan fingerprint density at radius 3 is 2.54 bits per heavy atom. The van der Waals surface area contributed by atoms with Crippen LogP contribution in [0.4, 0.5) is 14.5 Å². The van der Waals surface area contributed by atoms with Crippen LogP contribution in [0.15, 0.2) is 30.5 Å². The Hall–Kier alpha value is -2.38. The first-order valence-corrected chi connectivity index (χ1v) is 8.40. The minimum absolute atomic E-state index is 0.0102. The lowest BCUT2D eigenvalue weighted by atomic mass is 10.0. The predicted molar refractivity (Wildman–Crippen MR) is 92.2 cm³/mol. The normalized spacial score (nSPS) is 20.3. The molecule has 0 saturated carbocycles. The quantitative estimate of drug-likeness (QED) is 0.848. The van der Waals surface area contributed by atoms with E-state index in [1.54, 1.807) is 17.0 Å². The van der Waals surface area contributed by atoms with Gasteiger partial charge >= 0.3 is 0 Å². The van der Waals surface area contributed by atoms with Crippen molar-refractivity contribution in [2.75, 3.05) is 18.0 Å². The van der Waals surface area contributed by atoms with Gasteiger partial charge in [-0.2, -0.15) is 0 Å². The van der Waals surface area contributed by atoms with E-state index >= 15 is 0 Å². The fourth-order valence-electron chi connectivity index (χ4n) is 3.29. The van der Waals surface area contributed by atoms with Crippen molar-refractivity contribution in [3.8, 4) is 0 Å². The minimum atomic E-state index is -1.24. The van der Waals surface area contributed by atoms with Gasteiger partial charge < -0.3 is 14.7 Å². The van der Waals surface area contributed by atoms with E-state index in [0.717, 1.165) is 0 Å². The molecular weight excluding hydrogens is 342 g/mol. The summed E-state index contributed by atoms with van der Waals surface area (Å²) in [6.07, 6.45) is 1.07. The molecule has 1 aromatic carbocycles. The summed E-state index contributed by atoms with van der Waals surface area (Å²) in [6.45, 7) is 3.89. The van der Waals surface area contributed by atoms with Crippen LogP contribution in [0.25, 0.3) is 0 Å². The highest BCUT2D eigenvalue weighted by atomic mass is 19.2. The monoisotopic (exact) mass is 362 g/mol. The maximum Gasteiger partial charge on any atom is 0.214 e. The first kappa shape index (κ1) is 18.4. The van der Waals surface area contributed by atoms with Crippen LogP contribution in [0.5, 0.6) is 0 Å². The molecule has 2 aromatic rings. The van der Waals surface area contributed by atoms with E-state index in [1.807, 2.05) is 13.8 Å². The summed E-state index contributed by atoms with van der Waals surface area (Å²) in [6, 6.07) is 5.84. The van der Waals surface area contributed by atoms with Crippen molar-refractivity contribution < 1.29 is 23.4 Å². The molecule has 3 rings (SSSR count). The first-order valence-electron chi connectivity index (χ1n) is 8.40. The van der Waals surface area contributed by atoms with Crippen LogP contribution in [0, 0.1) is 11.6 Å². The molecule has 2 atom stereocenters. The number of morpholine rings is 1. The van der Waals surface area contributed by atoms with E-state index < -0.39 is 29.6 Å². The third kappa shape index (κ3) is 3.45. The molecular formula is C19H20F2N2O3. The van der Waals surface area contributed by atoms with Crippen molar-refractivity contribution in [3.63, 3.8) is 0 Å². The Morgan fingerprint density at radius 2 is 1.96 bits per heavy atom. The largest absolute Gasteiger partial charge is 0.392 e. The number of benzene rings is 1. The molecule has 1 aliphatic heterocycles. The SMILES string of the molecule is CC1CN(c2c(CO)cc(C(=O)c3ccccn3)c(F)c2F)CC(C)O1. The average Bonchev–Trinajstić information content (AvgIpc) is 2.63. The highest BCUT2D eigenvalue weighted by Crippen LogP contribution is 2.32. The Bertz CT molecular complexity index is 804. The Labute approximate surface area is 150 Å². The van der Waals surface area contributed by atoms with Crippen molar-refractivity contribution in [2.45, 2.75) is 32.7 Å². The van der Waals surface area contributed by atoms with Crippen molar-refractivity contribution >= 4 is 11.5 Å². The molecule has 0 aliphatic carbocycles. The molecule has 1 N–H and O–H groups in total. The average molecular weight is 362 g/mol. The van der Waals surface area contributed by atoms with Gasteiger partial charge in [0.1, 0.15) is 5.69 Å². The lowest BCUT2D eigenvalue weighted by Gasteiger charge is -2.38. The number of ketones is 1. The summed E-state index contributed by atoms with van der Waals surface area (Å²) in [5.74, 6) is -3.11. The number of carbonyl (C=O) groups excluding carboxylic acids is 1. The van der Waals surface area contributed by atoms with Crippen LogP contribution in [-0.2, 0) is 11.3 Å². The van der Waals surface area contributed by atoms with Gasteiger partial charge in [0.05, 0.1) is 30.1 Å². The van der Waals surface area contributed by atoms with Gasteiger partial charge in [0.25, 0.3) is 0 Å².